The summed E-state index contributed by atoms with van der Waals surface area (Å²) in [5.41, 5.74) is 4.69. The fourth-order valence-corrected chi connectivity index (χ4v) is 4.58. The first kappa shape index (κ1) is 14.8. The van der Waals surface area contributed by atoms with Crippen molar-refractivity contribution in [3.63, 3.8) is 0 Å². The molecule has 0 bridgehead atoms. The number of anilines is 1. The lowest BCUT2D eigenvalue weighted by Crippen LogP contribution is -2.26. The Morgan fingerprint density at radius 3 is 3.00 bits per heavy atom. The van der Waals surface area contributed by atoms with E-state index in [4.69, 9.17) is 4.98 Å². The number of hydrogen-bond donors (Lipinski definition) is 2. The van der Waals surface area contributed by atoms with Gasteiger partial charge in [-0.05, 0) is 31.7 Å². The Balaban J connectivity index is 1.61. The van der Waals surface area contributed by atoms with Crippen LogP contribution < -0.4 is 5.32 Å². The lowest BCUT2D eigenvalue weighted by atomic mass is 9.87. The summed E-state index contributed by atoms with van der Waals surface area (Å²) in [4.78, 5) is 8.34. The van der Waals surface area contributed by atoms with Crippen LogP contribution in [0, 0.1) is 12.8 Å². The minimum absolute atomic E-state index is 0.585. The molecular formula is C19H23N3S. The zero-order valence-electron chi connectivity index (χ0n) is 13.7. The number of para-hydroxylation sites is 1. The molecule has 3 nitrogen and oxygen atoms in total. The van der Waals surface area contributed by atoms with Crippen molar-refractivity contribution in [2.45, 2.75) is 45.6 Å². The molecule has 0 amide bonds. The Morgan fingerprint density at radius 2 is 2.13 bits per heavy atom. The van der Waals surface area contributed by atoms with Gasteiger partial charge < -0.3 is 10.3 Å². The summed E-state index contributed by atoms with van der Waals surface area (Å²) in [6.45, 7) is 4.49. The number of fused-ring (bicyclic) bond motifs is 1. The number of nitrogens with one attached hydrogen (secondary N) is 2. The molecule has 2 heterocycles. The molecule has 1 aliphatic carbocycles. The van der Waals surface area contributed by atoms with E-state index in [2.05, 4.69) is 53.8 Å². The molecule has 0 aliphatic heterocycles. The summed E-state index contributed by atoms with van der Waals surface area (Å²) < 4.78 is 0. The van der Waals surface area contributed by atoms with Crippen LogP contribution in [-0.4, -0.2) is 16.0 Å². The second-order valence-corrected chi connectivity index (χ2v) is 7.68. The van der Waals surface area contributed by atoms with Gasteiger partial charge in [-0.15, -0.1) is 11.3 Å². The van der Waals surface area contributed by atoms with Gasteiger partial charge in [-0.25, -0.2) is 4.98 Å². The Bertz CT molecular complexity index is 817. The molecule has 2 N–H and O–H groups in total. The standard InChI is InChI=1S/C19H23N3S/c1-12-6-5-7-14(10-12)21-19-22-17(11-23-19)18-13(2)20-16-9-4-3-8-15(16)18/h3-4,8-9,11-12,14,20H,5-7,10H2,1-2H3,(H,21,22)/t12-,14+/m0/s1. The molecular weight excluding hydrogens is 302 g/mol. The normalized spacial score (nSPS) is 21.7. The van der Waals surface area contributed by atoms with E-state index in [9.17, 15) is 0 Å². The van der Waals surface area contributed by atoms with Gasteiger partial charge in [-0.3, -0.25) is 0 Å². The first-order valence-electron chi connectivity index (χ1n) is 8.50. The van der Waals surface area contributed by atoms with Crippen LogP contribution in [0.4, 0.5) is 5.13 Å². The van der Waals surface area contributed by atoms with Crippen molar-refractivity contribution in [1.82, 2.24) is 9.97 Å². The number of hydrogen-bond acceptors (Lipinski definition) is 3. The SMILES string of the molecule is Cc1[nH]c2ccccc2c1-c1csc(N[C@@H]2CCC[C@H](C)C2)n1. The fourth-order valence-electron chi connectivity index (χ4n) is 3.80. The van der Waals surface area contributed by atoms with Gasteiger partial charge in [-0.1, -0.05) is 38.0 Å². The Hall–Kier alpha value is -1.81. The zero-order valence-corrected chi connectivity index (χ0v) is 14.5. The zero-order chi connectivity index (χ0) is 15.8. The molecule has 4 rings (SSSR count). The summed E-state index contributed by atoms with van der Waals surface area (Å²) >= 11 is 1.72. The van der Waals surface area contributed by atoms with Gasteiger partial charge in [0.1, 0.15) is 0 Å². The molecule has 2 aromatic heterocycles. The molecule has 1 fully saturated rings. The lowest BCUT2D eigenvalue weighted by Gasteiger charge is -2.27. The van der Waals surface area contributed by atoms with Crippen molar-refractivity contribution < 1.29 is 0 Å². The summed E-state index contributed by atoms with van der Waals surface area (Å²) in [6.07, 6.45) is 5.24. The number of thiazole rings is 1. The lowest BCUT2D eigenvalue weighted by molar-refractivity contribution is 0.358. The van der Waals surface area contributed by atoms with E-state index in [1.165, 1.54) is 47.8 Å². The maximum atomic E-state index is 4.87. The van der Waals surface area contributed by atoms with Gasteiger partial charge in [0.05, 0.1) is 5.69 Å². The summed E-state index contributed by atoms with van der Waals surface area (Å²) in [6, 6.07) is 9.04. The molecule has 0 unspecified atom stereocenters. The van der Waals surface area contributed by atoms with Crippen LogP contribution in [0.15, 0.2) is 29.6 Å². The molecule has 1 aromatic carbocycles. The average molecular weight is 325 g/mol. The second-order valence-electron chi connectivity index (χ2n) is 6.82. The van der Waals surface area contributed by atoms with Crippen molar-refractivity contribution in [2.24, 2.45) is 5.92 Å². The quantitative estimate of drug-likeness (QED) is 0.659. The van der Waals surface area contributed by atoms with Crippen LogP contribution in [0.1, 0.15) is 38.3 Å². The highest BCUT2D eigenvalue weighted by Crippen LogP contribution is 2.35. The van der Waals surface area contributed by atoms with Crippen LogP contribution in [0.25, 0.3) is 22.2 Å². The number of aromatic nitrogens is 2. The predicted molar refractivity (Wildman–Crippen MR) is 99.2 cm³/mol. The molecule has 0 radical (unpaired) electrons. The van der Waals surface area contributed by atoms with E-state index in [0.29, 0.717) is 6.04 Å². The van der Waals surface area contributed by atoms with Crippen LogP contribution in [0.3, 0.4) is 0 Å². The fraction of sp³-hybridized carbons (Fsp3) is 0.421. The molecule has 120 valence electrons. The highest BCUT2D eigenvalue weighted by molar-refractivity contribution is 7.14. The maximum absolute atomic E-state index is 4.87. The van der Waals surface area contributed by atoms with E-state index in [1.807, 2.05) is 0 Å². The van der Waals surface area contributed by atoms with E-state index < -0.39 is 0 Å². The molecule has 3 aromatic rings. The molecule has 2 atom stereocenters. The van der Waals surface area contributed by atoms with Gasteiger partial charge in [0.2, 0.25) is 0 Å². The summed E-state index contributed by atoms with van der Waals surface area (Å²) in [5, 5.41) is 8.15. The second kappa shape index (κ2) is 6.00. The molecule has 23 heavy (non-hydrogen) atoms. The van der Waals surface area contributed by atoms with Crippen molar-refractivity contribution >= 4 is 27.4 Å². The average Bonchev–Trinajstić information content (AvgIpc) is 3.10. The highest BCUT2D eigenvalue weighted by Gasteiger charge is 2.20. The van der Waals surface area contributed by atoms with Gasteiger partial charge in [-0.2, -0.15) is 0 Å². The Morgan fingerprint density at radius 1 is 1.26 bits per heavy atom. The van der Waals surface area contributed by atoms with Crippen LogP contribution in [0.2, 0.25) is 0 Å². The van der Waals surface area contributed by atoms with E-state index in [-0.39, 0.29) is 0 Å². The largest absolute Gasteiger partial charge is 0.359 e. The smallest absolute Gasteiger partial charge is 0.183 e. The maximum Gasteiger partial charge on any atom is 0.183 e. The van der Waals surface area contributed by atoms with Crippen LogP contribution in [0.5, 0.6) is 0 Å². The third kappa shape index (κ3) is 2.88. The number of rotatable bonds is 3. The van der Waals surface area contributed by atoms with E-state index in [1.54, 1.807) is 11.3 Å². The topological polar surface area (TPSA) is 40.7 Å². The van der Waals surface area contributed by atoms with Gasteiger partial charge >= 0.3 is 0 Å². The van der Waals surface area contributed by atoms with Crippen LogP contribution >= 0.6 is 11.3 Å². The van der Waals surface area contributed by atoms with Crippen molar-refractivity contribution in [2.75, 3.05) is 5.32 Å². The number of benzene rings is 1. The number of aryl methyl sites for hydroxylation is 1. The van der Waals surface area contributed by atoms with E-state index in [0.717, 1.165) is 16.7 Å². The van der Waals surface area contributed by atoms with Gasteiger partial charge in [0.15, 0.2) is 5.13 Å². The molecule has 1 saturated carbocycles. The number of aromatic amines is 1. The van der Waals surface area contributed by atoms with E-state index >= 15 is 0 Å². The highest BCUT2D eigenvalue weighted by atomic mass is 32.1. The summed E-state index contributed by atoms with van der Waals surface area (Å²) in [7, 11) is 0. The molecule has 0 saturated heterocycles. The van der Waals surface area contributed by atoms with Crippen molar-refractivity contribution in [3.8, 4) is 11.3 Å². The van der Waals surface area contributed by atoms with Gasteiger partial charge in [0, 0.05) is 33.6 Å². The van der Waals surface area contributed by atoms with Gasteiger partial charge in [0.25, 0.3) is 0 Å². The number of H-pyrrole nitrogens is 1. The Kier molecular flexibility index (Phi) is 3.85. The molecule has 0 spiro atoms. The monoisotopic (exact) mass is 325 g/mol. The first-order chi connectivity index (χ1) is 11.2. The van der Waals surface area contributed by atoms with Crippen molar-refractivity contribution in [1.29, 1.82) is 0 Å². The minimum Gasteiger partial charge on any atom is -0.359 e. The van der Waals surface area contributed by atoms with Crippen molar-refractivity contribution in [3.05, 3.63) is 35.3 Å². The van der Waals surface area contributed by atoms with Crippen LogP contribution in [-0.2, 0) is 0 Å². The summed E-state index contributed by atoms with van der Waals surface area (Å²) in [5.74, 6) is 0.830. The predicted octanol–water partition coefficient (Wildman–Crippen LogP) is 5.59. The minimum atomic E-state index is 0.585. The molecule has 4 heteroatoms. The first-order valence-corrected chi connectivity index (χ1v) is 9.38. The molecule has 1 aliphatic rings. The third-order valence-electron chi connectivity index (χ3n) is 4.92. The number of nitrogens with zero attached hydrogens (tertiary/aromatic N) is 1. The third-order valence-corrected chi connectivity index (χ3v) is 5.69. The Labute approximate surface area is 141 Å².